The Labute approximate surface area is 160 Å². The topological polar surface area (TPSA) is 63.2 Å². The first-order chi connectivity index (χ1) is 12.5. The second-order valence-corrected chi connectivity index (χ2v) is 9.48. The normalized spacial score (nSPS) is 11.3. The van der Waals surface area contributed by atoms with Crippen LogP contribution in [0.4, 0.5) is 0 Å². The zero-order chi connectivity index (χ0) is 18.8. The van der Waals surface area contributed by atoms with Crippen molar-refractivity contribution in [2.75, 3.05) is 18.1 Å². The molecule has 0 aliphatic carbocycles. The van der Waals surface area contributed by atoms with Crippen LogP contribution < -0.4 is 5.32 Å². The Morgan fingerprint density at radius 3 is 2.35 bits per heavy atom. The van der Waals surface area contributed by atoms with E-state index in [1.165, 1.54) is 5.56 Å². The summed E-state index contributed by atoms with van der Waals surface area (Å²) in [5, 5.41) is 2.79. The molecule has 0 aromatic heterocycles. The van der Waals surface area contributed by atoms with E-state index >= 15 is 0 Å². The quantitative estimate of drug-likeness (QED) is 0.628. The molecule has 0 saturated heterocycles. The Morgan fingerprint density at radius 1 is 1.00 bits per heavy atom. The van der Waals surface area contributed by atoms with Crippen LogP contribution in [-0.4, -0.2) is 32.4 Å². The monoisotopic (exact) mass is 391 g/mol. The molecule has 1 N–H and O–H groups in total. The third kappa shape index (κ3) is 7.22. The lowest BCUT2D eigenvalue weighted by molar-refractivity contribution is 0.0953. The number of sulfone groups is 1. The highest BCUT2D eigenvalue weighted by atomic mass is 32.2. The predicted octanol–water partition coefficient (Wildman–Crippen LogP) is 3.67. The summed E-state index contributed by atoms with van der Waals surface area (Å²) in [5.74, 6) is 1.95. The summed E-state index contributed by atoms with van der Waals surface area (Å²) in [5.41, 5.74) is 2.58. The summed E-state index contributed by atoms with van der Waals surface area (Å²) in [7, 11) is -3.17. The number of benzene rings is 2. The Kier molecular flexibility index (Phi) is 8.19. The van der Waals surface area contributed by atoms with E-state index in [2.05, 4.69) is 12.2 Å². The average molecular weight is 392 g/mol. The number of carbonyl (C=O) groups is 1. The minimum Gasteiger partial charge on any atom is -0.352 e. The van der Waals surface area contributed by atoms with Crippen molar-refractivity contribution in [1.82, 2.24) is 5.32 Å². The molecule has 4 nitrogen and oxygen atoms in total. The molecule has 0 fully saturated rings. The van der Waals surface area contributed by atoms with Gasteiger partial charge in [-0.1, -0.05) is 49.4 Å². The van der Waals surface area contributed by atoms with Crippen molar-refractivity contribution in [2.24, 2.45) is 0 Å². The fourth-order valence-electron chi connectivity index (χ4n) is 2.47. The number of hydrogen-bond donors (Lipinski definition) is 1. The highest BCUT2D eigenvalue weighted by Gasteiger charge is 2.12. The number of carbonyl (C=O) groups excluding carboxylic acids is 1. The molecule has 2 rings (SSSR count). The van der Waals surface area contributed by atoms with E-state index < -0.39 is 9.84 Å². The zero-order valence-electron chi connectivity index (χ0n) is 15.0. The highest BCUT2D eigenvalue weighted by molar-refractivity contribution is 7.98. The molecule has 6 heteroatoms. The van der Waals surface area contributed by atoms with Gasteiger partial charge in [0.05, 0.1) is 11.5 Å². The van der Waals surface area contributed by atoms with Crippen molar-refractivity contribution in [2.45, 2.75) is 24.9 Å². The summed E-state index contributed by atoms with van der Waals surface area (Å²) in [6, 6.07) is 16.7. The van der Waals surface area contributed by atoms with Crippen molar-refractivity contribution in [3.63, 3.8) is 0 Å². The number of rotatable bonds is 10. The molecule has 1 amide bonds. The van der Waals surface area contributed by atoms with E-state index in [0.717, 1.165) is 17.1 Å². The van der Waals surface area contributed by atoms with Gasteiger partial charge in [0.25, 0.3) is 5.91 Å². The summed E-state index contributed by atoms with van der Waals surface area (Å²) >= 11 is 1.84. The molecular formula is C20H25NO3S2. The lowest BCUT2D eigenvalue weighted by Gasteiger charge is -2.07. The van der Waals surface area contributed by atoms with E-state index in [1.54, 1.807) is 0 Å². The molecule has 0 unspecified atom stereocenters. The van der Waals surface area contributed by atoms with Gasteiger partial charge in [-0.05, 0) is 35.4 Å². The van der Waals surface area contributed by atoms with Gasteiger partial charge in [0.1, 0.15) is 0 Å². The molecule has 0 saturated carbocycles. The second kappa shape index (κ2) is 10.4. The SMILES string of the molecule is CCSCc1ccc(C(=O)NCCCS(=O)(=O)Cc2ccccc2)cc1. The Balaban J connectivity index is 1.74. The van der Waals surface area contributed by atoms with Gasteiger partial charge < -0.3 is 5.32 Å². The van der Waals surface area contributed by atoms with Crippen LogP contribution in [0, 0.1) is 0 Å². The molecule has 0 bridgehead atoms. The van der Waals surface area contributed by atoms with E-state index in [1.807, 2.05) is 66.4 Å². The first-order valence-electron chi connectivity index (χ1n) is 8.69. The van der Waals surface area contributed by atoms with Gasteiger partial charge in [-0.3, -0.25) is 4.79 Å². The van der Waals surface area contributed by atoms with Crippen LogP contribution in [0.3, 0.4) is 0 Å². The summed E-state index contributed by atoms with van der Waals surface area (Å²) in [6.07, 6.45) is 0.409. The number of thioether (sulfide) groups is 1. The van der Waals surface area contributed by atoms with E-state index in [0.29, 0.717) is 18.5 Å². The zero-order valence-corrected chi connectivity index (χ0v) is 16.6. The van der Waals surface area contributed by atoms with Gasteiger partial charge in [0, 0.05) is 17.9 Å². The van der Waals surface area contributed by atoms with Crippen molar-refractivity contribution in [1.29, 1.82) is 0 Å². The molecule has 0 spiro atoms. The van der Waals surface area contributed by atoms with Gasteiger partial charge in [-0.15, -0.1) is 0 Å². The van der Waals surface area contributed by atoms with Gasteiger partial charge in [0.2, 0.25) is 0 Å². The van der Waals surface area contributed by atoms with Crippen LogP contribution in [0.1, 0.15) is 34.8 Å². The van der Waals surface area contributed by atoms with Crippen LogP contribution in [-0.2, 0) is 21.3 Å². The highest BCUT2D eigenvalue weighted by Crippen LogP contribution is 2.12. The van der Waals surface area contributed by atoms with Crippen molar-refractivity contribution in [3.05, 3.63) is 71.3 Å². The van der Waals surface area contributed by atoms with Crippen molar-refractivity contribution < 1.29 is 13.2 Å². The van der Waals surface area contributed by atoms with E-state index in [-0.39, 0.29) is 17.4 Å². The first kappa shape index (κ1) is 20.5. The molecule has 2 aromatic carbocycles. The molecule has 26 heavy (non-hydrogen) atoms. The van der Waals surface area contributed by atoms with Crippen LogP contribution >= 0.6 is 11.8 Å². The minimum absolute atomic E-state index is 0.0407. The van der Waals surface area contributed by atoms with Crippen molar-refractivity contribution in [3.8, 4) is 0 Å². The molecule has 140 valence electrons. The number of hydrogen-bond acceptors (Lipinski definition) is 4. The smallest absolute Gasteiger partial charge is 0.251 e. The maximum Gasteiger partial charge on any atom is 0.251 e. The van der Waals surface area contributed by atoms with Crippen LogP contribution in [0.2, 0.25) is 0 Å². The maximum atomic E-state index is 12.1. The fourth-order valence-corrected chi connectivity index (χ4v) is 4.53. The fraction of sp³-hybridized carbons (Fsp3) is 0.350. The average Bonchev–Trinajstić information content (AvgIpc) is 2.64. The number of amides is 1. The molecule has 0 aliphatic rings. The van der Waals surface area contributed by atoms with Crippen molar-refractivity contribution >= 4 is 27.5 Å². The number of nitrogens with one attached hydrogen (secondary N) is 1. The predicted molar refractivity (Wildman–Crippen MR) is 109 cm³/mol. The minimum atomic E-state index is -3.17. The largest absolute Gasteiger partial charge is 0.352 e. The van der Waals surface area contributed by atoms with Crippen LogP contribution in [0.25, 0.3) is 0 Å². The Bertz CT molecular complexity index is 788. The van der Waals surface area contributed by atoms with Crippen LogP contribution in [0.5, 0.6) is 0 Å². The Hall–Kier alpha value is -1.79. The lowest BCUT2D eigenvalue weighted by atomic mass is 10.1. The molecule has 0 atom stereocenters. The molecule has 0 aliphatic heterocycles. The Morgan fingerprint density at radius 2 is 1.69 bits per heavy atom. The molecule has 0 radical (unpaired) electrons. The first-order valence-corrected chi connectivity index (χ1v) is 11.7. The van der Waals surface area contributed by atoms with Gasteiger partial charge in [-0.25, -0.2) is 8.42 Å². The third-order valence-corrected chi connectivity index (χ3v) is 6.47. The van der Waals surface area contributed by atoms with Gasteiger partial charge >= 0.3 is 0 Å². The maximum absolute atomic E-state index is 12.1. The summed E-state index contributed by atoms with van der Waals surface area (Å²) < 4.78 is 24.2. The second-order valence-electron chi connectivity index (χ2n) is 6.02. The van der Waals surface area contributed by atoms with E-state index in [9.17, 15) is 13.2 Å². The summed E-state index contributed by atoms with van der Waals surface area (Å²) in [6.45, 7) is 2.47. The summed E-state index contributed by atoms with van der Waals surface area (Å²) in [4.78, 5) is 12.1. The van der Waals surface area contributed by atoms with Gasteiger partial charge in [0.15, 0.2) is 9.84 Å². The molecule has 0 heterocycles. The standard InChI is InChI=1S/C20H25NO3S2/c1-2-25-15-17-9-11-19(12-10-17)20(22)21-13-6-14-26(23,24)16-18-7-4-3-5-8-18/h3-5,7-12H,2,6,13-16H2,1H3,(H,21,22). The van der Waals surface area contributed by atoms with Crippen LogP contribution in [0.15, 0.2) is 54.6 Å². The molecular weight excluding hydrogens is 366 g/mol. The third-order valence-electron chi connectivity index (χ3n) is 3.84. The van der Waals surface area contributed by atoms with Gasteiger partial charge in [-0.2, -0.15) is 11.8 Å². The molecule has 2 aromatic rings. The lowest BCUT2D eigenvalue weighted by Crippen LogP contribution is -2.26. The van der Waals surface area contributed by atoms with E-state index in [4.69, 9.17) is 0 Å².